The van der Waals surface area contributed by atoms with Crippen LogP contribution in [0.1, 0.15) is 18.4 Å². The van der Waals surface area contributed by atoms with Crippen molar-refractivity contribution in [3.8, 4) is 0 Å². The number of piperidine rings is 1. The lowest BCUT2D eigenvalue weighted by molar-refractivity contribution is -0.211. The average Bonchev–Trinajstić information content (AvgIpc) is 2.46. The molecule has 0 aromatic carbocycles. The lowest BCUT2D eigenvalue weighted by Crippen LogP contribution is -2.46. The Hall–Kier alpha value is -1.89. The van der Waals surface area contributed by atoms with E-state index in [0.717, 1.165) is 5.56 Å². The minimum Gasteiger partial charge on any atom is -0.448 e. The van der Waals surface area contributed by atoms with E-state index in [1.165, 1.54) is 6.08 Å². The summed E-state index contributed by atoms with van der Waals surface area (Å²) in [7, 11) is 0. The fraction of sp³-hybridized carbons (Fsp3) is 0.429. The van der Waals surface area contributed by atoms with Gasteiger partial charge in [0.1, 0.15) is 5.60 Å². The molecule has 0 radical (unpaired) electrons. The number of hydrogen-bond acceptors (Lipinski definition) is 4. The first kappa shape index (κ1) is 15.5. The SMILES string of the molecule is O=C(OC1(/C=C/c2cccnc2)CCNCC1)C(F)(F)F. The van der Waals surface area contributed by atoms with Gasteiger partial charge in [-0.2, -0.15) is 13.2 Å². The van der Waals surface area contributed by atoms with Gasteiger partial charge in [0.15, 0.2) is 0 Å². The standard InChI is InChI=1S/C14H15F3N2O2/c15-14(16,17)12(20)21-13(5-8-18-9-6-13)4-3-11-2-1-7-19-10-11/h1-4,7,10,18H,5-6,8-9H2/b4-3+. The molecular formula is C14H15F3N2O2. The zero-order valence-electron chi connectivity index (χ0n) is 11.2. The van der Waals surface area contributed by atoms with Crippen LogP contribution in [0.25, 0.3) is 6.08 Å². The maximum Gasteiger partial charge on any atom is 0.490 e. The predicted octanol–water partition coefficient (Wildman–Crippen LogP) is 2.32. The van der Waals surface area contributed by atoms with Crippen LogP contribution < -0.4 is 5.32 Å². The van der Waals surface area contributed by atoms with E-state index in [1.54, 1.807) is 30.6 Å². The van der Waals surface area contributed by atoms with Crippen molar-refractivity contribution in [2.24, 2.45) is 0 Å². The second-order valence-electron chi connectivity index (χ2n) is 4.82. The van der Waals surface area contributed by atoms with E-state index in [1.807, 2.05) is 0 Å². The summed E-state index contributed by atoms with van der Waals surface area (Å²) in [6.07, 6.45) is 1.94. The highest BCUT2D eigenvalue weighted by atomic mass is 19.4. The number of pyridine rings is 1. The first-order valence-corrected chi connectivity index (χ1v) is 6.51. The van der Waals surface area contributed by atoms with Crippen LogP contribution in [0, 0.1) is 0 Å². The van der Waals surface area contributed by atoms with Crippen molar-refractivity contribution < 1.29 is 22.7 Å². The van der Waals surface area contributed by atoms with Gasteiger partial charge < -0.3 is 10.1 Å². The molecule has 1 fully saturated rings. The summed E-state index contributed by atoms with van der Waals surface area (Å²) >= 11 is 0. The molecule has 1 aliphatic heterocycles. The molecule has 2 rings (SSSR count). The van der Waals surface area contributed by atoms with Gasteiger partial charge in [-0.15, -0.1) is 0 Å². The van der Waals surface area contributed by atoms with Crippen LogP contribution in [0.2, 0.25) is 0 Å². The van der Waals surface area contributed by atoms with Gasteiger partial charge in [0.2, 0.25) is 0 Å². The van der Waals surface area contributed by atoms with Crippen LogP contribution in [0.3, 0.4) is 0 Å². The summed E-state index contributed by atoms with van der Waals surface area (Å²) in [6.45, 7) is 0.977. The predicted molar refractivity (Wildman–Crippen MR) is 70.3 cm³/mol. The molecule has 1 aromatic heterocycles. The van der Waals surface area contributed by atoms with E-state index in [-0.39, 0.29) is 0 Å². The number of hydrogen-bond donors (Lipinski definition) is 1. The number of halogens is 3. The summed E-state index contributed by atoms with van der Waals surface area (Å²) < 4.78 is 42.0. The number of esters is 1. The molecule has 114 valence electrons. The van der Waals surface area contributed by atoms with E-state index < -0.39 is 17.7 Å². The van der Waals surface area contributed by atoms with Crippen LogP contribution >= 0.6 is 0 Å². The Morgan fingerprint density at radius 3 is 2.67 bits per heavy atom. The van der Waals surface area contributed by atoms with E-state index >= 15 is 0 Å². The largest absolute Gasteiger partial charge is 0.490 e. The molecule has 0 saturated carbocycles. The molecule has 0 atom stereocenters. The smallest absolute Gasteiger partial charge is 0.448 e. The number of ether oxygens (including phenoxy) is 1. The van der Waals surface area contributed by atoms with E-state index in [2.05, 4.69) is 10.3 Å². The fourth-order valence-electron chi connectivity index (χ4n) is 2.12. The molecule has 4 nitrogen and oxygen atoms in total. The Morgan fingerprint density at radius 2 is 2.10 bits per heavy atom. The van der Waals surface area contributed by atoms with E-state index in [9.17, 15) is 18.0 Å². The van der Waals surface area contributed by atoms with Gasteiger partial charge in [-0.1, -0.05) is 12.1 Å². The van der Waals surface area contributed by atoms with Crippen LogP contribution in [-0.2, 0) is 9.53 Å². The lowest BCUT2D eigenvalue weighted by atomic mass is 9.91. The number of carbonyl (C=O) groups excluding carboxylic acids is 1. The molecule has 2 heterocycles. The van der Waals surface area contributed by atoms with Gasteiger partial charge in [0.05, 0.1) is 0 Å². The number of carbonyl (C=O) groups is 1. The highest BCUT2D eigenvalue weighted by molar-refractivity contribution is 5.76. The van der Waals surface area contributed by atoms with Gasteiger partial charge in [-0.3, -0.25) is 4.98 Å². The number of nitrogens with zero attached hydrogens (tertiary/aromatic N) is 1. The van der Waals surface area contributed by atoms with Gasteiger partial charge in [-0.25, -0.2) is 4.79 Å². The molecule has 0 unspecified atom stereocenters. The Balaban J connectivity index is 2.17. The normalized spacial score (nSPS) is 18.6. The van der Waals surface area contributed by atoms with Crippen molar-refractivity contribution in [1.82, 2.24) is 10.3 Å². The van der Waals surface area contributed by atoms with Gasteiger partial charge in [0.25, 0.3) is 0 Å². The van der Waals surface area contributed by atoms with Gasteiger partial charge >= 0.3 is 12.1 Å². The maximum atomic E-state index is 12.4. The fourth-order valence-corrected chi connectivity index (χ4v) is 2.12. The molecule has 0 aliphatic carbocycles. The molecular weight excluding hydrogens is 285 g/mol. The molecule has 1 aromatic rings. The highest BCUT2D eigenvalue weighted by Crippen LogP contribution is 2.29. The Labute approximate surface area is 120 Å². The van der Waals surface area contributed by atoms with Gasteiger partial charge in [-0.05, 0) is 30.8 Å². The van der Waals surface area contributed by atoms with Crippen molar-refractivity contribution in [2.45, 2.75) is 24.6 Å². The van der Waals surface area contributed by atoms with Crippen molar-refractivity contribution >= 4 is 12.0 Å². The number of alkyl halides is 3. The molecule has 7 heteroatoms. The molecule has 1 aliphatic rings. The monoisotopic (exact) mass is 300 g/mol. The second kappa shape index (κ2) is 6.26. The van der Waals surface area contributed by atoms with Gasteiger partial charge in [0, 0.05) is 25.2 Å². The third-order valence-electron chi connectivity index (χ3n) is 3.24. The first-order chi connectivity index (χ1) is 9.91. The summed E-state index contributed by atoms with van der Waals surface area (Å²) in [5.74, 6) is -2.15. The summed E-state index contributed by atoms with van der Waals surface area (Å²) in [5, 5.41) is 3.03. The third-order valence-corrected chi connectivity index (χ3v) is 3.24. The number of rotatable bonds is 3. The van der Waals surface area contributed by atoms with Crippen molar-refractivity contribution in [3.05, 3.63) is 36.2 Å². The minimum atomic E-state index is -4.99. The van der Waals surface area contributed by atoms with Crippen LogP contribution in [0.4, 0.5) is 13.2 Å². The summed E-state index contributed by atoms with van der Waals surface area (Å²) in [6, 6.07) is 3.49. The Bertz CT molecular complexity index is 509. The highest BCUT2D eigenvalue weighted by Gasteiger charge is 2.46. The van der Waals surface area contributed by atoms with Crippen LogP contribution in [0.15, 0.2) is 30.6 Å². The molecule has 0 amide bonds. The molecule has 21 heavy (non-hydrogen) atoms. The second-order valence-corrected chi connectivity index (χ2v) is 4.82. The zero-order chi connectivity index (χ0) is 15.3. The van der Waals surface area contributed by atoms with Crippen LogP contribution in [0.5, 0.6) is 0 Å². The maximum absolute atomic E-state index is 12.4. The van der Waals surface area contributed by atoms with E-state index in [4.69, 9.17) is 4.74 Å². The molecule has 0 bridgehead atoms. The molecule has 1 N–H and O–H groups in total. The minimum absolute atomic E-state index is 0.297. The summed E-state index contributed by atoms with van der Waals surface area (Å²) in [5.41, 5.74) is -0.494. The Morgan fingerprint density at radius 1 is 1.38 bits per heavy atom. The average molecular weight is 300 g/mol. The number of aromatic nitrogens is 1. The topological polar surface area (TPSA) is 51.2 Å². The molecule has 0 spiro atoms. The Kier molecular flexibility index (Phi) is 4.62. The molecule has 1 saturated heterocycles. The first-order valence-electron chi connectivity index (χ1n) is 6.51. The van der Waals surface area contributed by atoms with Crippen molar-refractivity contribution in [3.63, 3.8) is 0 Å². The van der Waals surface area contributed by atoms with Crippen molar-refractivity contribution in [2.75, 3.05) is 13.1 Å². The van der Waals surface area contributed by atoms with E-state index in [0.29, 0.717) is 25.9 Å². The number of nitrogens with one attached hydrogen (secondary N) is 1. The zero-order valence-corrected chi connectivity index (χ0v) is 11.2. The quantitative estimate of drug-likeness (QED) is 0.871. The van der Waals surface area contributed by atoms with Crippen LogP contribution in [-0.4, -0.2) is 35.8 Å². The lowest BCUT2D eigenvalue weighted by Gasteiger charge is -2.34. The third kappa shape index (κ3) is 4.29. The van der Waals surface area contributed by atoms with Crippen molar-refractivity contribution in [1.29, 1.82) is 0 Å². The summed E-state index contributed by atoms with van der Waals surface area (Å²) in [4.78, 5) is 15.1.